The molecule has 0 aliphatic carbocycles. The zero-order valence-electron chi connectivity index (χ0n) is 8.22. The van der Waals surface area contributed by atoms with Crippen LogP contribution in [0.4, 0.5) is 0 Å². The van der Waals surface area contributed by atoms with Crippen molar-refractivity contribution in [2.75, 3.05) is 17.6 Å². The summed E-state index contributed by atoms with van der Waals surface area (Å²) < 4.78 is 0. The highest BCUT2D eigenvalue weighted by molar-refractivity contribution is 6.18. The highest BCUT2D eigenvalue weighted by atomic mass is 35.5. The highest BCUT2D eigenvalue weighted by Gasteiger charge is 2.05. The average molecular weight is 269 g/mol. The van der Waals surface area contributed by atoms with E-state index in [1.165, 1.54) is 0 Å². The van der Waals surface area contributed by atoms with Gasteiger partial charge in [-0.3, -0.25) is 0 Å². The van der Waals surface area contributed by atoms with Gasteiger partial charge in [0.1, 0.15) is 17.5 Å². The van der Waals surface area contributed by atoms with Crippen molar-refractivity contribution in [3.05, 3.63) is 17.5 Å². The minimum atomic E-state index is 0.505. The topological polar surface area (TPSA) is 38.7 Å². The third kappa shape index (κ3) is 4.49. The molecular weight excluding hydrogens is 256 g/mol. The van der Waals surface area contributed by atoms with Crippen molar-refractivity contribution >= 4 is 34.8 Å². The van der Waals surface area contributed by atoms with Crippen LogP contribution in [0.2, 0.25) is 0 Å². The molecule has 0 aliphatic rings. The van der Waals surface area contributed by atoms with Crippen molar-refractivity contribution < 1.29 is 0 Å². The van der Waals surface area contributed by atoms with Crippen molar-refractivity contribution in [1.82, 2.24) is 15.0 Å². The van der Waals surface area contributed by atoms with Crippen LogP contribution in [0.25, 0.3) is 0 Å². The van der Waals surface area contributed by atoms with Crippen LogP contribution in [0.1, 0.15) is 17.5 Å². The van der Waals surface area contributed by atoms with Crippen molar-refractivity contribution in [1.29, 1.82) is 0 Å². The van der Waals surface area contributed by atoms with E-state index in [-0.39, 0.29) is 0 Å². The third-order valence-electron chi connectivity index (χ3n) is 1.73. The Bertz CT molecular complexity index is 247. The molecule has 6 heteroatoms. The quantitative estimate of drug-likeness (QED) is 0.743. The Hall–Kier alpha value is -0.120. The maximum absolute atomic E-state index is 5.64. The normalized spacial score (nSPS) is 10.6. The van der Waals surface area contributed by atoms with Gasteiger partial charge in [-0.05, 0) is 0 Å². The number of hydrogen-bond acceptors (Lipinski definition) is 3. The molecule has 0 unspecified atom stereocenters. The summed E-state index contributed by atoms with van der Waals surface area (Å²) in [7, 11) is 0. The van der Waals surface area contributed by atoms with Crippen LogP contribution < -0.4 is 0 Å². The number of hydrogen-bond donors (Lipinski definition) is 0. The maximum atomic E-state index is 5.64. The smallest absolute Gasteiger partial charge is 0.133 e. The molecule has 1 aromatic heterocycles. The zero-order chi connectivity index (χ0) is 11.1. The lowest BCUT2D eigenvalue weighted by atomic mass is 10.3. The number of aromatic nitrogens is 3. The summed E-state index contributed by atoms with van der Waals surface area (Å²) in [4.78, 5) is 12.8. The first-order valence-electron chi connectivity index (χ1n) is 4.70. The summed E-state index contributed by atoms with van der Waals surface area (Å²) in [6, 6.07) is 0. The summed E-state index contributed by atoms with van der Waals surface area (Å²) >= 11 is 16.9. The molecule has 3 nitrogen and oxygen atoms in total. The molecule has 0 saturated heterocycles. The molecule has 15 heavy (non-hydrogen) atoms. The van der Waals surface area contributed by atoms with Crippen LogP contribution in [-0.2, 0) is 19.3 Å². The molecule has 0 fully saturated rings. The van der Waals surface area contributed by atoms with E-state index in [0.29, 0.717) is 36.9 Å². The van der Waals surface area contributed by atoms with Gasteiger partial charge in [-0.25, -0.2) is 15.0 Å². The Kier molecular flexibility index (Phi) is 6.22. The Labute approximate surface area is 104 Å². The largest absolute Gasteiger partial charge is 0.218 e. The van der Waals surface area contributed by atoms with Gasteiger partial charge in [-0.2, -0.15) is 0 Å². The van der Waals surface area contributed by atoms with Crippen LogP contribution in [-0.4, -0.2) is 32.6 Å². The van der Waals surface area contributed by atoms with Gasteiger partial charge >= 0.3 is 0 Å². The minimum Gasteiger partial charge on any atom is -0.218 e. The first-order valence-corrected chi connectivity index (χ1v) is 6.31. The summed E-state index contributed by atoms with van der Waals surface area (Å²) in [6.45, 7) is 0. The lowest BCUT2D eigenvalue weighted by Gasteiger charge is -2.04. The van der Waals surface area contributed by atoms with Crippen molar-refractivity contribution in [2.45, 2.75) is 19.3 Å². The summed E-state index contributed by atoms with van der Waals surface area (Å²) in [6.07, 6.45) is 1.94. The van der Waals surface area contributed by atoms with E-state index in [0.717, 1.165) is 17.5 Å². The second-order valence-electron chi connectivity index (χ2n) is 2.90. The second kappa shape index (κ2) is 7.20. The van der Waals surface area contributed by atoms with Crippen LogP contribution >= 0.6 is 34.8 Å². The van der Waals surface area contributed by atoms with Crippen LogP contribution in [0.5, 0.6) is 0 Å². The third-order valence-corrected chi connectivity index (χ3v) is 2.30. The molecule has 84 valence electrons. The lowest BCUT2D eigenvalue weighted by Crippen LogP contribution is -2.09. The number of halogens is 3. The summed E-state index contributed by atoms with van der Waals surface area (Å²) in [5, 5.41) is 0. The number of aryl methyl sites for hydroxylation is 3. The molecule has 0 aromatic carbocycles. The van der Waals surface area contributed by atoms with E-state index in [1.54, 1.807) is 0 Å². The molecule has 0 spiro atoms. The van der Waals surface area contributed by atoms with Crippen LogP contribution in [0.3, 0.4) is 0 Å². The molecular formula is C9H12Cl3N3. The lowest BCUT2D eigenvalue weighted by molar-refractivity contribution is 0.776. The molecule has 1 rings (SSSR count). The minimum absolute atomic E-state index is 0.505. The van der Waals surface area contributed by atoms with Crippen molar-refractivity contribution in [2.24, 2.45) is 0 Å². The fraction of sp³-hybridized carbons (Fsp3) is 0.667. The zero-order valence-corrected chi connectivity index (χ0v) is 10.5. The average Bonchev–Trinajstić information content (AvgIpc) is 2.19. The van der Waals surface area contributed by atoms with Gasteiger partial charge in [0.2, 0.25) is 0 Å². The SMILES string of the molecule is ClCCc1nc(CCCl)nc(CCCl)n1. The van der Waals surface area contributed by atoms with Crippen LogP contribution in [0, 0.1) is 0 Å². The molecule has 0 bridgehead atoms. The highest BCUT2D eigenvalue weighted by Crippen LogP contribution is 2.02. The van der Waals surface area contributed by atoms with Gasteiger partial charge in [-0.1, -0.05) is 0 Å². The standard InChI is InChI=1S/C9H12Cl3N3/c10-4-1-7-13-8(2-5-11)15-9(14-7)3-6-12/h1-6H2. The number of alkyl halides is 3. The maximum Gasteiger partial charge on any atom is 0.133 e. The molecule has 0 saturated carbocycles. The molecule has 0 N–H and O–H groups in total. The van der Waals surface area contributed by atoms with Gasteiger partial charge in [-0.15, -0.1) is 34.8 Å². The monoisotopic (exact) mass is 267 g/mol. The Balaban J connectivity index is 2.86. The van der Waals surface area contributed by atoms with Crippen molar-refractivity contribution in [3.63, 3.8) is 0 Å². The van der Waals surface area contributed by atoms with Gasteiger partial charge in [0.25, 0.3) is 0 Å². The summed E-state index contributed by atoms with van der Waals surface area (Å²) in [5.41, 5.74) is 0. The molecule has 0 radical (unpaired) electrons. The predicted octanol–water partition coefficient (Wildman–Crippen LogP) is 2.22. The second-order valence-corrected chi connectivity index (χ2v) is 4.03. The molecule has 1 aromatic rings. The number of rotatable bonds is 6. The number of nitrogens with zero attached hydrogens (tertiary/aromatic N) is 3. The predicted molar refractivity (Wildman–Crippen MR) is 63.1 cm³/mol. The molecule has 1 heterocycles. The van der Waals surface area contributed by atoms with Gasteiger partial charge in [0, 0.05) is 36.9 Å². The molecule has 0 atom stereocenters. The Morgan fingerprint density at radius 2 is 0.867 bits per heavy atom. The van der Waals surface area contributed by atoms with Gasteiger partial charge < -0.3 is 0 Å². The van der Waals surface area contributed by atoms with Crippen molar-refractivity contribution in [3.8, 4) is 0 Å². The van der Waals surface area contributed by atoms with Gasteiger partial charge in [0.15, 0.2) is 0 Å². The van der Waals surface area contributed by atoms with E-state index < -0.39 is 0 Å². The first-order chi connectivity index (χ1) is 7.30. The van der Waals surface area contributed by atoms with Crippen LogP contribution in [0.15, 0.2) is 0 Å². The Morgan fingerprint density at radius 1 is 0.600 bits per heavy atom. The summed E-state index contributed by atoms with van der Waals surface area (Å²) in [5.74, 6) is 3.68. The molecule has 0 aliphatic heterocycles. The van der Waals surface area contributed by atoms with Gasteiger partial charge in [0.05, 0.1) is 0 Å². The van der Waals surface area contributed by atoms with E-state index in [2.05, 4.69) is 15.0 Å². The van der Waals surface area contributed by atoms with E-state index in [1.807, 2.05) is 0 Å². The first kappa shape index (κ1) is 12.9. The Morgan fingerprint density at radius 3 is 1.07 bits per heavy atom. The fourth-order valence-corrected chi connectivity index (χ4v) is 1.62. The molecule has 0 amide bonds. The van der Waals surface area contributed by atoms with E-state index >= 15 is 0 Å². The van der Waals surface area contributed by atoms with E-state index in [4.69, 9.17) is 34.8 Å². The fourth-order valence-electron chi connectivity index (χ4n) is 1.11. The van der Waals surface area contributed by atoms with E-state index in [9.17, 15) is 0 Å².